The molecule has 0 aliphatic carbocycles. The lowest BCUT2D eigenvalue weighted by Gasteiger charge is -2.09. The van der Waals surface area contributed by atoms with E-state index in [1.54, 1.807) is 42.5 Å². The van der Waals surface area contributed by atoms with E-state index in [4.69, 9.17) is 4.55 Å². The summed E-state index contributed by atoms with van der Waals surface area (Å²) in [6.07, 6.45) is 1.48. The Bertz CT molecular complexity index is 330. The van der Waals surface area contributed by atoms with E-state index in [0.717, 1.165) is 23.7 Å². The van der Waals surface area contributed by atoms with Crippen molar-refractivity contribution < 1.29 is 17.8 Å². The molecule has 0 radical (unpaired) electrons. The third-order valence-corrected chi connectivity index (χ3v) is 4.98. The summed E-state index contributed by atoms with van der Waals surface area (Å²) in [5, 5.41) is 0. The van der Waals surface area contributed by atoms with Crippen LogP contribution in [0.2, 0.25) is 0 Å². The Morgan fingerprint density at radius 3 is 2.22 bits per heavy atom. The van der Waals surface area contributed by atoms with Crippen molar-refractivity contribution in [3.8, 4) is 0 Å². The molecular weight excluding hydrogens is 294 g/mol. The van der Waals surface area contributed by atoms with Crippen LogP contribution in [0.4, 0.5) is 0 Å². The number of hydrogen-bond donors (Lipinski definition) is 1. The molecule has 5 nitrogen and oxygen atoms in total. The van der Waals surface area contributed by atoms with Crippen LogP contribution in [0.5, 0.6) is 0 Å². The second kappa shape index (κ2) is 9.94. The molecule has 0 aliphatic heterocycles. The van der Waals surface area contributed by atoms with E-state index in [9.17, 15) is 13.2 Å². The monoisotopic (exact) mass is 315 g/mol. The smallest absolute Gasteiger partial charge is 0.264 e. The molecule has 1 N–H and O–H groups in total. The van der Waals surface area contributed by atoms with Gasteiger partial charge in [0.05, 0.1) is 11.5 Å². The largest absolute Gasteiger partial charge is 0.348 e. The summed E-state index contributed by atoms with van der Waals surface area (Å²) in [7, 11) is -0.315. The molecule has 18 heavy (non-hydrogen) atoms. The maximum atomic E-state index is 11.2. The van der Waals surface area contributed by atoms with Crippen molar-refractivity contribution in [2.45, 2.75) is 12.8 Å². The van der Waals surface area contributed by atoms with Gasteiger partial charge in [0.15, 0.2) is 0 Å². The first-order chi connectivity index (χ1) is 8.33. The molecule has 0 fully saturated rings. The van der Waals surface area contributed by atoms with E-state index in [0.29, 0.717) is 12.2 Å². The van der Waals surface area contributed by atoms with Crippen LogP contribution >= 0.6 is 23.5 Å². The summed E-state index contributed by atoms with van der Waals surface area (Å²) >= 11 is 3.29. The van der Waals surface area contributed by atoms with Gasteiger partial charge in [-0.05, 0) is 30.1 Å². The van der Waals surface area contributed by atoms with Gasteiger partial charge in [-0.15, -0.1) is 0 Å². The number of carbonyl (C=O) groups excluding carboxylic acids is 1. The lowest BCUT2D eigenvalue weighted by Crippen LogP contribution is -2.23. The highest BCUT2D eigenvalue weighted by molar-refractivity contribution is 8.00. The van der Waals surface area contributed by atoms with E-state index < -0.39 is 10.1 Å². The summed E-state index contributed by atoms with van der Waals surface area (Å²) in [4.78, 5) is 12.8. The van der Waals surface area contributed by atoms with Gasteiger partial charge in [0.25, 0.3) is 10.1 Å². The summed E-state index contributed by atoms with van der Waals surface area (Å²) in [5.74, 6) is 3.11. The third kappa shape index (κ3) is 12.5. The molecule has 0 rings (SSSR count). The minimum absolute atomic E-state index is 0.126. The number of carbonyl (C=O) groups is 1. The second-order valence-electron chi connectivity index (χ2n) is 3.95. The fourth-order valence-electron chi connectivity index (χ4n) is 0.997. The number of nitrogens with zero attached hydrogens (tertiary/aromatic N) is 1. The zero-order valence-corrected chi connectivity index (χ0v) is 13.2. The molecule has 0 spiro atoms. The molecule has 0 atom stereocenters. The highest BCUT2D eigenvalue weighted by Crippen LogP contribution is 2.10. The number of hydrogen-bond acceptors (Lipinski definition) is 5. The van der Waals surface area contributed by atoms with Gasteiger partial charge < -0.3 is 4.90 Å². The van der Waals surface area contributed by atoms with Crippen LogP contribution in [0.3, 0.4) is 0 Å². The Balaban J connectivity index is 3.24. The van der Waals surface area contributed by atoms with Crippen molar-refractivity contribution in [1.82, 2.24) is 4.90 Å². The first-order valence-corrected chi connectivity index (χ1v) is 9.55. The molecule has 108 valence electrons. The number of thioether (sulfide) groups is 2. The van der Waals surface area contributed by atoms with E-state index in [1.165, 1.54) is 0 Å². The Kier molecular flexibility index (Phi) is 9.98. The second-order valence-corrected chi connectivity index (χ2v) is 7.85. The molecule has 1 amide bonds. The first-order valence-electron chi connectivity index (χ1n) is 5.63. The van der Waals surface area contributed by atoms with Gasteiger partial charge in [-0.1, -0.05) is 0 Å². The van der Waals surface area contributed by atoms with Gasteiger partial charge in [0.1, 0.15) is 0 Å². The van der Waals surface area contributed by atoms with Crippen LogP contribution in [0, 0.1) is 0 Å². The topological polar surface area (TPSA) is 74.7 Å². The van der Waals surface area contributed by atoms with E-state index in [2.05, 4.69) is 0 Å². The zero-order chi connectivity index (χ0) is 14.0. The highest BCUT2D eigenvalue weighted by Gasteiger charge is 2.04. The lowest BCUT2D eigenvalue weighted by molar-refractivity contribution is -0.125. The Morgan fingerprint density at radius 2 is 1.67 bits per heavy atom. The Labute approximate surface area is 118 Å². The van der Waals surface area contributed by atoms with Gasteiger partial charge >= 0.3 is 0 Å². The SMILES string of the molecule is CN(C)C(=O)CSCCCSCCCS(=O)(=O)O. The maximum absolute atomic E-state index is 11.2. The van der Waals surface area contributed by atoms with Crippen molar-refractivity contribution in [3.63, 3.8) is 0 Å². The normalized spacial score (nSPS) is 11.5. The quantitative estimate of drug-likeness (QED) is 0.482. The molecule has 0 aromatic rings. The number of rotatable bonds is 10. The van der Waals surface area contributed by atoms with E-state index in [1.807, 2.05) is 0 Å². The summed E-state index contributed by atoms with van der Waals surface area (Å²) in [6, 6.07) is 0. The minimum atomic E-state index is -3.80. The molecular formula is C10H21NO4S3. The molecule has 0 aliphatic rings. The molecule has 0 aromatic heterocycles. The maximum Gasteiger partial charge on any atom is 0.264 e. The van der Waals surface area contributed by atoms with Crippen molar-refractivity contribution in [3.05, 3.63) is 0 Å². The molecule has 0 bridgehead atoms. The molecule has 8 heteroatoms. The Morgan fingerprint density at radius 1 is 1.11 bits per heavy atom. The number of amides is 1. The Hall–Kier alpha value is 0.0800. The molecule has 0 heterocycles. The molecule has 0 saturated heterocycles. The molecule has 0 aromatic carbocycles. The van der Waals surface area contributed by atoms with Gasteiger partial charge in [0.2, 0.25) is 5.91 Å². The summed E-state index contributed by atoms with van der Waals surface area (Å²) in [6.45, 7) is 0. The van der Waals surface area contributed by atoms with Crippen molar-refractivity contribution in [2.24, 2.45) is 0 Å². The average molecular weight is 315 g/mol. The predicted molar refractivity (Wildman–Crippen MR) is 79.0 cm³/mol. The summed E-state index contributed by atoms with van der Waals surface area (Å²) in [5.41, 5.74) is 0. The van der Waals surface area contributed by atoms with Crippen LogP contribution < -0.4 is 0 Å². The van der Waals surface area contributed by atoms with Gasteiger partial charge in [-0.3, -0.25) is 9.35 Å². The predicted octanol–water partition coefficient (Wildman–Crippen LogP) is 1.21. The fraction of sp³-hybridized carbons (Fsp3) is 0.900. The van der Waals surface area contributed by atoms with Crippen LogP contribution in [0.15, 0.2) is 0 Å². The van der Waals surface area contributed by atoms with E-state index in [-0.39, 0.29) is 11.7 Å². The first kappa shape index (κ1) is 18.1. The van der Waals surface area contributed by atoms with Crippen molar-refractivity contribution in [1.29, 1.82) is 0 Å². The van der Waals surface area contributed by atoms with Gasteiger partial charge in [0, 0.05) is 14.1 Å². The standard InChI is InChI=1S/C10H21NO4S3/c1-11(2)10(12)9-17-6-3-5-16-7-4-8-18(13,14)15/h3-9H2,1-2H3,(H,13,14,15). The van der Waals surface area contributed by atoms with Crippen LogP contribution in [0.25, 0.3) is 0 Å². The highest BCUT2D eigenvalue weighted by atomic mass is 32.2. The van der Waals surface area contributed by atoms with Crippen LogP contribution in [-0.2, 0) is 14.9 Å². The van der Waals surface area contributed by atoms with Crippen LogP contribution in [-0.4, -0.2) is 66.6 Å². The van der Waals surface area contributed by atoms with Crippen LogP contribution in [0.1, 0.15) is 12.8 Å². The fourth-order valence-corrected chi connectivity index (χ4v) is 3.70. The zero-order valence-electron chi connectivity index (χ0n) is 10.8. The third-order valence-electron chi connectivity index (χ3n) is 1.99. The van der Waals surface area contributed by atoms with Gasteiger partial charge in [-0.25, -0.2) is 0 Å². The van der Waals surface area contributed by atoms with Gasteiger partial charge in [-0.2, -0.15) is 31.9 Å². The molecule has 0 unspecified atom stereocenters. The average Bonchev–Trinajstić information content (AvgIpc) is 2.24. The van der Waals surface area contributed by atoms with Crippen molar-refractivity contribution in [2.75, 3.05) is 42.9 Å². The minimum Gasteiger partial charge on any atom is -0.348 e. The van der Waals surface area contributed by atoms with E-state index >= 15 is 0 Å². The summed E-state index contributed by atoms with van der Waals surface area (Å²) < 4.78 is 29.4. The molecule has 0 saturated carbocycles. The van der Waals surface area contributed by atoms with Crippen molar-refractivity contribution >= 4 is 39.5 Å². The lowest BCUT2D eigenvalue weighted by atomic mass is 10.6.